The van der Waals surface area contributed by atoms with E-state index in [9.17, 15) is 0 Å². The Kier molecular flexibility index (Phi) is 4.44. The standard InChI is InChI=1S/C11H9N3.ClH/c1-2-6-13-10(3-1)4-5-11-9-12-7-8-14-11;/h1-9H;1H. The number of hydrogen-bond donors (Lipinski definition) is 0. The SMILES string of the molecule is C(=Cc1cnccn1)c1ccccn1.Cl. The highest BCUT2D eigenvalue weighted by molar-refractivity contribution is 5.85. The van der Waals surface area contributed by atoms with Crippen LogP contribution in [0.25, 0.3) is 12.2 Å². The molecule has 2 heterocycles. The molecule has 4 heteroatoms. The van der Waals surface area contributed by atoms with Crippen LogP contribution in [0.1, 0.15) is 11.4 Å². The summed E-state index contributed by atoms with van der Waals surface area (Å²) in [5.41, 5.74) is 1.75. The zero-order valence-corrected chi connectivity index (χ0v) is 8.76. The van der Waals surface area contributed by atoms with Crippen molar-refractivity contribution in [1.82, 2.24) is 15.0 Å². The van der Waals surface area contributed by atoms with Crippen molar-refractivity contribution in [2.75, 3.05) is 0 Å². The Labute approximate surface area is 94.3 Å². The molecule has 2 rings (SSSR count). The maximum Gasteiger partial charge on any atom is 0.0813 e. The van der Waals surface area contributed by atoms with E-state index in [-0.39, 0.29) is 12.4 Å². The minimum atomic E-state index is 0. The summed E-state index contributed by atoms with van der Waals surface area (Å²) in [6, 6.07) is 5.77. The van der Waals surface area contributed by atoms with Gasteiger partial charge in [0, 0.05) is 18.6 Å². The lowest BCUT2D eigenvalue weighted by molar-refractivity contribution is 1.18. The molecule has 2 aromatic rings. The molecule has 0 radical (unpaired) electrons. The zero-order valence-electron chi connectivity index (χ0n) is 7.95. The first-order chi connectivity index (χ1) is 6.95. The highest BCUT2D eigenvalue weighted by Crippen LogP contribution is 2.01. The Bertz CT molecular complexity index is 373. The van der Waals surface area contributed by atoms with Gasteiger partial charge < -0.3 is 0 Å². The monoisotopic (exact) mass is 219 g/mol. The molecule has 0 aliphatic rings. The molecule has 0 aliphatic heterocycles. The molecule has 15 heavy (non-hydrogen) atoms. The number of halogens is 1. The maximum absolute atomic E-state index is 4.16. The predicted octanol–water partition coefficient (Wildman–Crippen LogP) is 2.46. The lowest BCUT2D eigenvalue weighted by Crippen LogP contribution is -1.81. The predicted molar refractivity (Wildman–Crippen MR) is 62.4 cm³/mol. The van der Waals surface area contributed by atoms with E-state index >= 15 is 0 Å². The Balaban J connectivity index is 0.00000112. The van der Waals surface area contributed by atoms with Crippen molar-refractivity contribution in [3.63, 3.8) is 0 Å². The van der Waals surface area contributed by atoms with Crippen molar-refractivity contribution in [1.29, 1.82) is 0 Å². The van der Waals surface area contributed by atoms with Gasteiger partial charge >= 0.3 is 0 Å². The van der Waals surface area contributed by atoms with E-state index in [0.29, 0.717) is 0 Å². The fraction of sp³-hybridized carbons (Fsp3) is 0. The maximum atomic E-state index is 4.16. The average Bonchev–Trinajstić information content (AvgIpc) is 2.29. The summed E-state index contributed by atoms with van der Waals surface area (Å²) in [6.07, 6.45) is 10.6. The lowest BCUT2D eigenvalue weighted by atomic mass is 10.3. The van der Waals surface area contributed by atoms with Crippen LogP contribution >= 0.6 is 12.4 Å². The smallest absolute Gasteiger partial charge is 0.0813 e. The molecule has 0 N–H and O–H groups in total. The normalized spacial score (nSPS) is 9.87. The molecule has 3 nitrogen and oxygen atoms in total. The van der Waals surface area contributed by atoms with Gasteiger partial charge in [0.05, 0.1) is 17.6 Å². The summed E-state index contributed by atoms with van der Waals surface area (Å²) in [7, 11) is 0. The Morgan fingerprint density at radius 1 is 0.867 bits per heavy atom. The van der Waals surface area contributed by atoms with Gasteiger partial charge in [-0.2, -0.15) is 0 Å². The second-order valence-electron chi connectivity index (χ2n) is 2.72. The van der Waals surface area contributed by atoms with Crippen LogP contribution < -0.4 is 0 Å². The molecule has 0 saturated carbocycles. The summed E-state index contributed by atoms with van der Waals surface area (Å²) in [5.74, 6) is 0. The van der Waals surface area contributed by atoms with Gasteiger partial charge in [-0.05, 0) is 24.3 Å². The highest BCUT2D eigenvalue weighted by atomic mass is 35.5. The van der Waals surface area contributed by atoms with E-state index in [0.717, 1.165) is 11.4 Å². The molecule has 0 aliphatic carbocycles. The van der Waals surface area contributed by atoms with Crippen molar-refractivity contribution in [2.24, 2.45) is 0 Å². The van der Waals surface area contributed by atoms with Crippen LogP contribution in [0.2, 0.25) is 0 Å². The summed E-state index contributed by atoms with van der Waals surface area (Å²) in [6.45, 7) is 0. The third kappa shape index (κ3) is 3.48. The van der Waals surface area contributed by atoms with Crippen LogP contribution in [-0.4, -0.2) is 15.0 Å². The van der Waals surface area contributed by atoms with E-state index in [1.54, 1.807) is 24.8 Å². The molecular formula is C11H10ClN3. The van der Waals surface area contributed by atoms with Gasteiger partial charge in [0.1, 0.15) is 0 Å². The quantitative estimate of drug-likeness (QED) is 0.779. The molecule has 0 saturated heterocycles. The van der Waals surface area contributed by atoms with Gasteiger partial charge in [-0.15, -0.1) is 12.4 Å². The molecule has 0 bridgehead atoms. The number of nitrogens with zero attached hydrogens (tertiary/aromatic N) is 3. The molecule has 0 atom stereocenters. The van der Waals surface area contributed by atoms with Gasteiger partial charge in [-0.3, -0.25) is 15.0 Å². The summed E-state index contributed by atoms with van der Waals surface area (Å²) < 4.78 is 0. The van der Waals surface area contributed by atoms with Gasteiger partial charge in [-0.1, -0.05) is 6.07 Å². The van der Waals surface area contributed by atoms with Crippen LogP contribution in [0.4, 0.5) is 0 Å². The van der Waals surface area contributed by atoms with E-state index in [4.69, 9.17) is 0 Å². The van der Waals surface area contributed by atoms with Crippen LogP contribution in [-0.2, 0) is 0 Å². The number of rotatable bonds is 2. The van der Waals surface area contributed by atoms with Crippen molar-refractivity contribution in [3.05, 3.63) is 54.4 Å². The van der Waals surface area contributed by atoms with Crippen LogP contribution in [0, 0.1) is 0 Å². The Hall–Kier alpha value is -1.74. The van der Waals surface area contributed by atoms with E-state index in [2.05, 4.69) is 15.0 Å². The van der Waals surface area contributed by atoms with E-state index in [1.165, 1.54) is 0 Å². The van der Waals surface area contributed by atoms with Crippen molar-refractivity contribution >= 4 is 24.6 Å². The molecule has 0 fully saturated rings. The first kappa shape index (κ1) is 11.3. The minimum absolute atomic E-state index is 0. The fourth-order valence-electron chi connectivity index (χ4n) is 1.04. The summed E-state index contributed by atoms with van der Waals surface area (Å²) >= 11 is 0. The largest absolute Gasteiger partial charge is 0.261 e. The minimum Gasteiger partial charge on any atom is -0.261 e. The second-order valence-corrected chi connectivity index (χ2v) is 2.72. The number of aromatic nitrogens is 3. The molecule has 0 amide bonds. The van der Waals surface area contributed by atoms with E-state index < -0.39 is 0 Å². The summed E-state index contributed by atoms with van der Waals surface area (Å²) in [5, 5.41) is 0. The Morgan fingerprint density at radius 2 is 1.67 bits per heavy atom. The van der Waals surface area contributed by atoms with Crippen molar-refractivity contribution < 1.29 is 0 Å². The first-order valence-corrected chi connectivity index (χ1v) is 4.30. The molecule has 2 aromatic heterocycles. The number of hydrogen-bond acceptors (Lipinski definition) is 3. The third-order valence-corrected chi connectivity index (χ3v) is 1.70. The van der Waals surface area contributed by atoms with Gasteiger partial charge in [0.25, 0.3) is 0 Å². The molecule has 76 valence electrons. The third-order valence-electron chi connectivity index (χ3n) is 1.70. The lowest BCUT2D eigenvalue weighted by Gasteiger charge is -1.91. The second kappa shape index (κ2) is 5.88. The molecular weight excluding hydrogens is 210 g/mol. The molecule has 0 unspecified atom stereocenters. The Morgan fingerprint density at radius 3 is 2.33 bits per heavy atom. The molecule has 0 spiro atoms. The van der Waals surface area contributed by atoms with Crippen LogP contribution in [0.15, 0.2) is 43.0 Å². The van der Waals surface area contributed by atoms with E-state index in [1.807, 2.05) is 30.4 Å². The van der Waals surface area contributed by atoms with Gasteiger partial charge in [-0.25, -0.2) is 0 Å². The first-order valence-electron chi connectivity index (χ1n) is 4.30. The van der Waals surface area contributed by atoms with Gasteiger partial charge in [0.2, 0.25) is 0 Å². The van der Waals surface area contributed by atoms with Gasteiger partial charge in [0.15, 0.2) is 0 Å². The fourth-order valence-corrected chi connectivity index (χ4v) is 1.04. The number of pyridine rings is 1. The van der Waals surface area contributed by atoms with Crippen molar-refractivity contribution in [3.8, 4) is 0 Å². The average molecular weight is 220 g/mol. The zero-order chi connectivity index (χ0) is 9.64. The summed E-state index contributed by atoms with van der Waals surface area (Å²) in [4.78, 5) is 12.2. The van der Waals surface area contributed by atoms with Crippen LogP contribution in [0.3, 0.4) is 0 Å². The topological polar surface area (TPSA) is 38.7 Å². The van der Waals surface area contributed by atoms with Crippen LogP contribution in [0.5, 0.6) is 0 Å². The van der Waals surface area contributed by atoms with Crippen molar-refractivity contribution in [2.45, 2.75) is 0 Å². The highest BCUT2D eigenvalue weighted by Gasteiger charge is 1.87. The molecule has 0 aromatic carbocycles.